The molecule has 0 aromatic heterocycles. The molecular weight excluding hydrogens is 308 g/mol. The monoisotopic (exact) mass is 326 g/mol. The Morgan fingerprint density at radius 2 is 1.43 bits per heavy atom. The zero-order valence-electron chi connectivity index (χ0n) is 13.2. The Kier molecular flexibility index (Phi) is 5.94. The minimum absolute atomic E-state index is 0.278. The van der Waals surface area contributed by atoms with Crippen LogP contribution in [0.25, 0.3) is 0 Å². The molecule has 0 aliphatic heterocycles. The van der Waals surface area contributed by atoms with Gasteiger partial charge in [-0.2, -0.15) is 0 Å². The molecule has 0 spiro atoms. The summed E-state index contributed by atoms with van der Waals surface area (Å²) in [5, 5.41) is 18.0. The lowest BCUT2D eigenvalue weighted by Gasteiger charge is -2.20. The van der Waals surface area contributed by atoms with E-state index in [2.05, 4.69) is 0 Å². The summed E-state index contributed by atoms with van der Waals surface area (Å²) in [7, 11) is 4.20. The van der Waals surface area contributed by atoms with Crippen molar-refractivity contribution in [3.63, 3.8) is 0 Å². The van der Waals surface area contributed by atoms with Crippen LogP contribution in [0.1, 0.15) is 18.4 Å². The molecule has 1 aromatic carbocycles. The molecule has 0 saturated heterocycles. The predicted octanol–water partition coefficient (Wildman–Crippen LogP) is 1.17. The van der Waals surface area contributed by atoms with Crippen LogP contribution in [0.4, 0.5) is 0 Å². The maximum absolute atomic E-state index is 11.7. The first-order valence-electron chi connectivity index (χ1n) is 6.58. The van der Waals surface area contributed by atoms with Crippen molar-refractivity contribution in [3.8, 4) is 17.2 Å². The van der Waals surface area contributed by atoms with Gasteiger partial charge in [0.05, 0.1) is 21.3 Å². The quantitative estimate of drug-likeness (QED) is 0.539. The highest BCUT2D eigenvalue weighted by Gasteiger charge is 2.37. The number of carbonyl (C=O) groups is 3. The average molecular weight is 326 g/mol. The molecule has 126 valence electrons. The van der Waals surface area contributed by atoms with Gasteiger partial charge < -0.3 is 24.4 Å². The van der Waals surface area contributed by atoms with E-state index in [9.17, 15) is 19.5 Å². The number of hydrogen-bond donors (Lipinski definition) is 2. The number of carboxylic acids is 2. The number of hydrogen-bond acceptors (Lipinski definition) is 6. The highest BCUT2D eigenvalue weighted by atomic mass is 16.5. The molecule has 0 saturated carbocycles. The summed E-state index contributed by atoms with van der Waals surface area (Å²) in [6, 6.07) is 2.97. The van der Waals surface area contributed by atoms with Gasteiger partial charge in [0.25, 0.3) is 5.78 Å². The lowest BCUT2D eigenvalue weighted by molar-refractivity contribution is -0.157. The third-order valence-electron chi connectivity index (χ3n) is 3.47. The lowest BCUT2D eigenvalue weighted by atomic mass is 9.84. The van der Waals surface area contributed by atoms with Crippen molar-refractivity contribution in [2.75, 3.05) is 21.3 Å². The van der Waals surface area contributed by atoms with E-state index in [1.165, 1.54) is 40.4 Å². The van der Waals surface area contributed by atoms with Gasteiger partial charge in [-0.15, -0.1) is 0 Å². The van der Waals surface area contributed by atoms with Crippen LogP contribution in [0, 0.1) is 5.92 Å². The fourth-order valence-corrected chi connectivity index (χ4v) is 2.24. The second kappa shape index (κ2) is 7.48. The summed E-state index contributed by atoms with van der Waals surface area (Å²) < 4.78 is 15.5. The summed E-state index contributed by atoms with van der Waals surface area (Å²) in [5.74, 6) is -6.47. The van der Waals surface area contributed by atoms with E-state index in [-0.39, 0.29) is 11.5 Å². The molecule has 0 fully saturated rings. The topological polar surface area (TPSA) is 119 Å². The van der Waals surface area contributed by atoms with E-state index in [0.717, 1.165) is 0 Å². The number of benzene rings is 1. The highest BCUT2D eigenvalue weighted by molar-refractivity contribution is 6.37. The minimum atomic E-state index is -1.79. The summed E-state index contributed by atoms with van der Waals surface area (Å²) in [4.78, 5) is 33.8. The molecule has 8 heteroatoms. The lowest BCUT2D eigenvalue weighted by Crippen LogP contribution is -2.33. The second-order valence-electron chi connectivity index (χ2n) is 4.73. The fourth-order valence-electron chi connectivity index (χ4n) is 2.24. The maximum atomic E-state index is 11.7. The zero-order chi connectivity index (χ0) is 17.7. The molecule has 1 aromatic rings. The van der Waals surface area contributed by atoms with Gasteiger partial charge >= 0.3 is 11.9 Å². The first-order valence-corrected chi connectivity index (χ1v) is 6.58. The van der Waals surface area contributed by atoms with E-state index >= 15 is 0 Å². The number of ether oxygens (including phenoxy) is 3. The molecule has 0 aliphatic rings. The molecule has 0 amide bonds. The van der Waals surface area contributed by atoms with E-state index in [4.69, 9.17) is 19.3 Å². The third kappa shape index (κ3) is 3.71. The van der Waals surface area contributed by atoms with E-state index in [0.29, 0.717) is 11.3 Å². The van der Waals surface area contributed by atoms with Crippen molar-refractivity contribution in [1.82, 2.24) is 0 Å². The minimum Gasteiger partial charge on any atom is -0.493 e. The number of ketones is 1. The van der Waals surface area contributed by atoms with Gasteiger partial charge in [0, 0.05) is 5.92 Å². The van der Waals surface area contributed by atoms with Gasteiger partial charge in [0.15, 0.2) is 11.5 Å². The number of Topliss-reactive ketones (excluding diaryl/α,β-unsaturated/α-hetero) is 1. The summed E-state index contributed by atoms with van der Waals surface area (Å²) >= 11 is 0. The molecule has 0 aliphatic carbocycles. The number of carbonyl (C=O) groups excluding carboxylic acids is 1. The SMILES string of the molecule is COc1cc([C@@H](C)[C@@H](C(=O)O)C(=O)C(=O)O)cc(OC)c1OC. The Hall–Kier alpha value is -2.77. The van der Waals surface area contributed by atoms with E-state index in [1.807, 2.05) is 0 Å². The number of methoxy groups -OCH3 is 3. The molecule has 2 N–H and O–H groups in total. The second-order valence-corrected chi connectivity index (χ2v) is 4.73. The van der Waals surface area contributed by atoms with Gasteiger partial charge in [-0.3, -0.25) is 9.59 Å². The average Bonchev–Trinajstić information content (AvgIpc) is 2.52. The standard InChI is InChI=1S/C15H18O8/c1-7(11(14(17)18)12(16)15(19)20)8-5-9(21-2)13(23-4)10(6-8)22-3/h5-7,11H,1-4H3,(H,17,18)(H,19,20)/t7-,11-/m1/s1. The first-order chi connectivity index (χ1) is 10.8. The van der Waals surface area contributed by atoms with Crippen LogP contribution in [0.2, 0.25) is 0 Å². The molecule has 8 nitrogen and oxygen atoms in total. The van der Waals surface area contributed by atoms with Crippen molar-refractivity contribution >= 4 is 17.7 Å². The molecule has 0 bridgehead atoms. The maximum Gasteiger partial charge on any atom is 0.373 e. The zero-order valence-corrected chi connectivity index (χ0v) is 13.2. The Morgan fingerprint density at radius 1 is 0.957 bits per heavy atom. The van der Waals surface area contributed by atoms with Crippen LogP contribution in [-0.4, -0.2) is 49.3 Å². The molecule has 1 rings (SSSR count). The molecule has 0 heterocycles. The van der Waals surface area contributed by atoms with Crippen LogP contribution in [0.3, 0.4) is 0 Å². The van der Waals surface area contributed by atoms with Crippen molar-refractivity contribution in [2.45, 2.75) is 12.8 Å². The van der Waals surface area contributed by atoms with Crippen LogP contribution >= 0.6 is 0 Å². The van der Waals surface area contributed by atoms with Crippen LogP contribution in [-0.2, 0) is 14.4 Å². The Balaban J connectivity index is 3.40. The summed E-state index contributed by atoms with van der Waals surface area (Å²) in [5.41, 5.74) is 0.376. The summed E-state index contributed by atoms with van der Waals surface area (Å²) in [6.07, 6.45) is 0. The Morgan fingerprint density at radius 3 is 1.74 bits per heavy atom. The molecule has 23 heavy (non-hydrogen) atoms. The Labute approximate surface area is 132 Å². The largest absolute Gasteiger partial charge is 0.493 e. The number of rotatable bonds is 8. The highest BCUT2D eigenvalue weighted by Crippen LogP contribution is 2.41. The van der Waals surface area contributed by atoms with Gasteiger partial charge in [0.1, 0.15) is 5.92 Å². The molecule has 0 radical (unpaired) electrons. The van der Waals surface area contributed by atoms with Crippen molar-refractivity contribution < 1.29 is 38.8 Å². The van der Waals surface area contributed by atoms with E-state index in [1.54, 1.807) is 0 Å². The van der Waals surface area contributed by atoms with Crippen molar-refractivity contribution in [1.29, 1.82) is 0 Å². The molecule has 2 atom stereocenters. The smallest absolute Gasteiger partial charge is 0.373 e. The Bertz CT molecular complexity index is 597. The number of aliphatic carboxylic acids is 2. The normalized spacial score (nSPS) is 12.9. The third-order valence-corrected chi connectivity index (χ3v) is 3.47. The van der Waals surface area contributed by atoms with Crippen LogP contribution < -0.4 is 14.2 Å². The first kappa shape index (κ1) is 18.3. The van der Waals surface area contributed by atoms with Crippen LogP contribution in [0.15, 0.2) is 12.1 Å². The van der Waals surface area contributed by atoms with Gasteiger partial charge in [-0.1, -0.05) is 6.92 Å². The molecular formula is C15H18O8. The van der Waals surface area contributed by atoms with Gasteiger partial charge in [-0.05, 0) is 17.7 Å². The fraction of sp³-hybridized carbons (Fsp3) is 0.400. The van der Waals surface area contributed by atoms with Gasteiger partial charge in [0.2, 0.25) is 5.75 Å². The van der Waals surface area contributed by atoms with Crippen molar-refractivity contribution in [3.05, 3.63) is 17.7 Å². The predicted molar refractivity (Wildman–Crippen MR) is 78.3 cm³/mol. The van der Waals surface area contributed by atoms with Gasteiger partial charge in [-0.25, -0.2) is 4.79 Å². The molecule has 0 unspecified atom stereocenters. The number of carboxylic acid groups (broad SMARTS) is 2. The van der Waals surface area contributed by atoms with Crippen LogP contribution in [0.5, 0.6) is 17.2 Å². The summed E-state index contributed by atoms with van der Waals surface area (Å²) in [6.45, 7) is 1.44. The van der Waals surface area contributed by atoms with E-state index < -0.39 is 29.6 Å². The van der Waals surface area contributed by atoms with Crippen molar-refractivity contribution in [2.24, 2.45) is 5.92 Å².